The maximum absolute atomic E-state index is 12.7. The van der Waals surface area contributed by atoms with Crippen molar-refractivity contribution in [1.29, 1.82) is 0 Å². The fourth-order valence-corrected chi connectivity index (χ4v) is 3.67. The molecule has 0 bridgehead atoms. The second-order valence-corrected chi connectivity index (χ2v) is 6.93. The van der Waals surface area contributed by atoms with E-state index in [1.807, 2.05) is 0 Å². The molecule has 0 aliphatic heterocycles. The van der Waals surface area contributed by atoms with Crippen molar-refractivity contribution < 1.29 is 9.72 Å². The van der Waals surface area contributed by atoms with Gasteiger partial charge in [-0.15, -0.1) is 17.5 Å². The molecule has 28 heavy (non-hydrogen) atoms. The molecule has 1 fully saturated rings. The second kappa shape index (κ2) is 9.61. The molecule has 1 aromatic heterocycles. The molecule has 1 aliphatic carbocycles. The molecule has 152 valence electrons. The van der Waals surface area contributed by atoms with Crippen molar-refractivity contribution in [2.75, 3.05) is 6.54 Å². The number of aromatic nitrogens is 3. The van der Waals surface area contributed by atoms with Crippen molar-refractivity contribution in [3.05, 3.63) is 45.8 Å². The third-order valence-electron chi connectivity index (χ3n) is 5.18. The first-order valence-corrected chi connectivity index (χ1v) is 9.19. The summed E-state index contributed by atoms with van der Waals surface area (Å²) in [5, 5.41) is 22.0. The zero-order valence-electron chi connectivity index (χ0n) is 15.7. The molecule has 1 aliphatic rings. The highest BCUT2D eigenvalue weighted by molar-refractivity contribution is 5.93. The molecule has 1 amide bonds. The van der Waals surface area contributed by atoms with Gasteiger partial charge >= 0.3 is 0 Å². The third-order valence-corrected chi connectivity index (χ3v) is 5.18. The van der Waals surface area contributed by atoms with Crippen LogP contribution < -0.4 is 11.1 Å². The summed E-state index contributed by atoms with van der Waals surface area (Å²) in [5.74, 6) is 0.0741. The lowest BCUT2D eigenvalue weighted by Gasteiger charge is -2.29. The van der Waals surface area contributed by atoms with Crippen LogP contribution in [-0.4, -0.2) is 38.4 Å². The van der Waals surface area contributed by atoms with Crippen molar-refractivity contribution in [3.8, 4) is 5.69 Å². The van der Waals surface area contributed by atoms with Gasteiger partial charge in [-0.2, -0.15) is 0 Å². The molecule has 3 rings (SSSR count). The molecule has 10 heteroatoms. The standard InChI is InChI=1S/C18H24N6O3.ClH/c1-12-17(18(25)20-16(11-19)13-6-3-2-4-7-13)21-22-23(12)14-8-5-9-15(10-14)24(26)27;/h5,8-10,13,16H,2-4,6-7,11,19H2,1H3,(H,20,25);1H. The van der Waals surface area contributed by atoms with Crippen LogP contribution in [0.2, 0.25) is 0 Å². The Labute approximate surface area is 169 Å². The number of non-ortho nitro benzene ring substituents is 1. The summed E-state index contributed by atoms with van der Waals surface area (Å²) in [7, 11) is 0. The quantitative estimate of drug-likeness (QED) is 0.558. The molecule has 0 spiro atoms. The number of nitro groups is 1. The predicted octanol–water partition coefficient (Wildman–Crippen LogP) is 2.54. The number of halogens is 1. The minimum Gasteiger partial charge on any atom is -0.346 e. The Bertz CT molecular complexity index is 834. The Kier molecular flexibility index (Phi) is 7.47. The maximum Gasteiger partial charge on any atom is 0.274 e. The van der Waals surface area contributed by atoms with Crippen molar-refractivity contribution >= 4 is 24.0 Å². The van der Waals surface area contributed by atoms with Gasteiger partial charge in [0.05, 0.1) is 16.3 Å². The first kappa shape index (κ1) is 21.8. The van der Waals surface area contributed by atoms with Crippen molar-refractivity contribution in [2.45, 2.75) is 45.1 Å². The summed E-state index contributed by atoms with van der Waals surface area (Å²) in [5.41, 5.74) is 7.05. The minimum atomic E-state index is -0.473. The number of amides is 1. The number of carbonyl (C=O) groups is 1. The fraction of sp³-hybridized carbons (Fsp3) is 0.500. The van der Waals surface area contributed by atoms with E-state index in [2.05, 4.69) is 15.6 Å². The number of carbonyl (C=O) groups excluding carboxylic acids is 1. The predicted molar refractivity (Wildman–Crippen MR) is 107 cm³/mol. The Morgan fingerprint density at radius 1 is 1.39 bits per heavy atom. The van der Waals surface area contributed by atoms with Gasteiger partial charge in [0.15, 0.2) is 5.69 Å². The molecule has 0 saturated heterocycles. The SMILES string of the molecule is Cc1c(C(=O)NC(CN)C2CCCCC2)nnn1-c1cccc([N+](=O)[O-])c1.Cl. The first-order valence-electron chi connectivity index (χ1n) is 9.19. The number of nitrogens with zero attached hydrogens (tertiary/aromatic N) is 4. The monoisotopic (exact) mass is 408 g/mol. The average molecular weight is 409 g/mol. The number of nitrogens with one attached hydrogen (secondary N) is 1. The number of rotatable bonds is 6. The van der Waals surface area contributed by atoms with Crippen LogP contribution in [0.5, 0.6) is 0 Å². The van der Waals surface area contributed by atoms with Gasteiger partial charge in [-0.3, -0.25) is 14.9 Å². The molecule has 1 unspecified atom stereocenters. The van der Waals surface area contributed by atoms with Crippen LogP contribution in [0.15, 0.2) is 24.3 Å². The lowest BCUT2D eigenvalue weighted by Crippen LogP contribution is -2.46. The molecular formula is C18H25ClN6O3. The Balaban J connectivity index is 0.00000280. The summed E-state index contributed by atoms with van der Waals surface area (Å²) < 4.78 is 1.43. The van der Waals surface area contributed by atoms with Crippen molar-refractivity contribution in [3.63, 3.8) is 0 Å². The molecule has 1 atom stereocenters. The zero-order chi connectivity index (χ0) is 19.4. The fourth-order valence-electron chi connectivity index (χ4n) is 3.67. The van der Waals surface area contributed by atoms with E-state index in [1.54, 1.807) is 19.1 Å². The molecule has 1 aromatic carbocycles. The Hall–Kier alpha value is -2.52. The summed E-state index contributed by atoms with van der Waals surface area (Å²) in [6.45, 7) is 2.10. The number of nitrogens with two attached hydrogens (primary N) is 1. The molecule has 2 aromatic rings. The van der Waals surface area contributed by atoms with Gasteiger partial charge in [0, 0.05) is 24.7 Å². The van der Waals surface area contributed by atoms with Crippen molar-refractivity contribution in [1.82, 2.24) is 20.3 Å². The van der Waals surface area contributed by atoms with Crippen LogP contribution in [0.3, 0.4) is 0 Å². The van der Waals surface area contributed by atoms with Crippen LogP contribution in [-0.2, 0) is 0 Å². The minimum absolute atomic E-state index is 0. The lowest BCUT2D eigenvalue weighted by atomic mass is 9.84. The van der Waals surface area contributed by atoms with Gasteiger partial charge in [-0.25, -0.2) is 4.68 Å². The van der Waals surface area contributed by atoms with E-state index in [1.165, 1.54) is 36.1 Å². The van der Waals surface area contributed by atoms with Gasteiger partial charge in [0.1, 0.15) is 0 Å². The van der Waals surface area contributed by atoms with E-state index in [-0.39, 0.29) is 35.7 Å². The summed E-state index contributed by atoms with van der Waals surface area (Å²) in [4.78, 5) is 23.2. The largest absolute Gasteiger partial charge is 0.346 e. The molecule has 1 saturated carbocycles. The number of benzene rings is 1. The zero-order valence-corrected chi connectivity index (χ0v) is 16.5. The van der Waals surface area contributed by atoms with Crippen LogP contribution in [0.1, 0.15) is 48.3 Å². The van der Waals surface area contributed by atoms with Crippen LogP contribution in [0.4, 0.5) is 5.69 Å². The van der Waals surface area contributed by atoms with Gasteiger partial charge in [0.2, 0.25) is 0 Å². The maximum atomic E-state index is 12.7. The third kappa shape index (κ3) is 4.66. The van der Waals surface area contributed by atoms with Gasteiger partial charge < -0.3 is 11.1 Å². The topological polar surface area (TPSA) is 129 Å². The summed E-state index contributed by atoms with van der Waals surface area (Å²) in [6, 6.07) is 5.97. The highest BCUT2D eigenvalue weighted by Gasteiger charge is 2.26. The van der Waals surface area contributed by atoms with E-state index >= 15 is 0 Å². The number of hydrogen-bond donors (Lipinski definition) is 2. The highest BCUT2D eigenvalue weighted by Crippen LogP contribution is 2.26. The van der Waals surface area contributed by atoms with Gasteiger partial charge in [-0.1, -0.05) is 30.5 Å². The molecule has 3 N–H and O–H groups in total. The highest BCUT2D eigenvalue weighted by atomic mass is 35.5. The van der Waals surface area contributed by atoms with Gasteiger partial charge in [0.25, 0.3) is 11.6 Å². The molecule has 1 heterocycles. The summed E-state index contributed by atoms with van der Waals surface area (Å²) in [6.07, 6.45) is 5.71. The smallest absolute Gasteiger partial charge is 0.274 e. The molecule has 0 radical (unpaired) electrons. The van der Waals surface area contributed by atoms with Crippen LogP contribution in [0, 0.1) is 23.0 Å². The Morgan fingerprint density at radius 2 is 2.11 bits per heavy atom. The number of hydrogen-bond acceptors (Lipinski definition) is 6. The van der Waals surface area contributed by atoms with Crippen LogP contribution >= 0.6 is 12.4 Å². The van der Waals surface area contributed by atoms with Crippen LogP contribution in [0.25, 0.3) is 5.69 Å². The summed E-state index contributed by atoms with van der Waals surface area (Å²) >= 11 is 0. The number of nitro benzene ring substituents is 1. The normalized spacial score (nSPS) is 15.5. The van der Waals surface area contributed by atoms with Gasteiger partial charge in [-0.05, 0) is 31.7 Å². The lowest BCUT2D eigenvalue weighted by molar-refractivity contribution is -0.384. The molecule has 9 nitrogen and oxygen atoms in total. The van der Waals surface area contributed by atoms with E-state index in [4.69, 9.17) is 5.73 Å². The van der Waals surface area contributed by atoms with E-state index in [9.17, 15) is 14.9 Å². The van der Waals surface area contributed by atoms with E-state index in [0.717, 1.165) is 12.8 Å². The average Bonchev–Trinajstić information content (AvgIpc) is 3.08. The van der Waals surface area contributed by atoms with E-state index < -0.39 is 4.92 Å². The van der Waals surface area contributed by atoms with E-state index in [0.29, 0.717) is 23.8 Å². The first-order chi connectivity index (χ1) is 13.0. The second-order valence-electron chi connectivity index (χ2n) is 6.93. The molecular weight excluding hydrogens is 384 g/mol. The van der Waals surface area contributed by atoms with Crippen molar-refractivity contribution in [2.24, 2.45) is 11.7 Å². The Morgan fingerprint density at radius 3 is 2.75 bits per heavy atom.